The number of benzene rings is 2. The first-order chi connectivity index (χ1) is 23.9. The molecule has 0 aliphatic carbocycles. The van der Waals surface area contributed by atoms with Crippen LogP contribution in [0.2, 0.25) is 5.15 Å². The predicted octanol–water partition coefficient (Wildman–Crippen LogP) is 10.0. The summed E-state index contributed by atoms with van der Waals surface area (Å²) in [4.78, 5) is 33.5. The molecular formula is C39H48ClF2N3O6. The Balaban J connectivity index is 0.000000366. The van der Waals surface area contributed by atoms with Crippen LogP contribution < -0.4 is 14.4 Å². The summed E-state index contributed by atoms with van der Waals surface area (Å²) in [6.45, 7) is 16.1. The van der Waals surface area contributed by atoms with Gasteiger partial charge >= 0.3 is 11.9 Å². The van der Waals surface area contributed by atoms with Crippen LogP contribution in [0.25, 0.3) is 22.5 Å². The van der Waals surface area contributed by atoms with E-state index in [1.165, 1.54) is 36.4 Å². The number of nitrogens with zero attached hydrogens (tertiary/aromatic N) is 3. The molecule has 0 saturated carbocycles. The Morgan fingerprint density at radius 1 is 0.843 bits per heavy atom. The van der Waals surface area contributed by atoms with Crippen LogP contribution in [0.1, 0.15) is 78.5 Å². The van der Waals surface area contributed by atoms with E-state index in [-0.39, 0.29) is 24.7 Å². The van der Waals surface area contributed by atoms with Gasteiger partial charge in [0.05, 0.1) is 30.2 Å². The summed E-state index contributed by atoms with van der Waals surface area (Å²) in [5.41, 5.74) is 1.78. The van der Waals surface area contributed by atoms with Crippen molar-refractivity contribution in [2.24, 2.45) is 17.8 Å². The molecule has 1 fully saturated rings. The van der Waals surface area contributed by atoms with Crippen LogP contribution in [0.15, 0.2) is 60.7 Å². The molecule has 1 aliphatic heterocycles. The zero-order valence-corrected chi connectivity index (χ0v) is 30.6. The minimum absolute atomic E-state index is 0. The number of ether oxygens (including phenoxy) is 2. The highest BCUT2D eigenvalue weighted by molar-refractivity contribution is 6.32. The first-order valence-corrected chi connectivity index (χ1v) is 17.1. The molecule has 4 aromatic rings. The molecule has 51 heavy (non-hydrogen) atoms. The Kier molecular flexibility index (Phi) is 12.6. The number of rotatable bonds is 11. The number of carboxylic acids is 2. The molecule has 5 rings (SSSR count). The van der Waals surface area contributed by atoms with Crippen LogP contribution in [0.4, 0.5) is 14.6 Å². The van der Waals surface area contributed by atoms with E-state index >= 15 is 0 Å². The smallest absolute Gasteiger partial charge is 0.339 e. The van der Waals surface area contributed by atoms with Gasteiger partial charge in [0, 0.05) is 38.2 Å². The molecule has 2 N–H and O–H groups in total. The molecular weight excluding hydrogens is 680 g/mol. The van der Waals surface area contributed by atoms with E-state index in [1.54, 1.807) is 24.3 Å². The molecule has 1 saturated heterocycles. The fraction of sp³-hybridized carbons (Fsp3) is 0.385. The lowest BCUT2D eigenvalue weighted by Crippen LogP contribution is -2.39. The van der Waals surface area contributed by atoms with Gasteiger partial charge in [0.1, 0.15) is 39.7 Å². The minimum atomic E-state index is -1.16. The highest BCUT2D eigenvalue weighted by Gasteiger charge is 2.39. The van der Waals surface area contributed by atoms with Crippen molar-refractivity contribution in [3.05, 3.63) is 88.6 Å². The maximum absolute atomic E-state index is 14.2. The van der Waals surface area contributed by atoms with Gasteiger partial charge in [-0.25, -0.2) is 28.3 Å². The number of halogens is 3. The summed E-state index contributed by atoms with van der Waals surface area (Å²) in [5, 5.41) is 18.5. The van der Waals surface area contributed by atoms with Crippen molar-refractivity contribution in [3.63, 3.8) is 0 Å². The topological polar surface area (TPSA) is 122 Å². The van der Waals surface area contributed by atoms with Gasteiger partial charge in [-0.2, -0.15) is 0 Å². The van der Waals surface area contributed by atoms with Gasteiger partial charge in [0.2, 0.25) is 0 Å². The maximum Gasteiger partial charge on any atom is 0.339 e. The lowest BCUT2D eigenvalue weighted by molar-refractivity contribution is 0.0686. The lowest BCUT2D eigenvalue weighted by atomic mass is 9.97. The van der Waals surface area contributed by atoms with Gasteiger partial charge in [0.25, 0.3) is 0 Å². The van der Waals surface area contributed by atoms with E-state index in [9.17, 15) is 23.5 Å². The van der Waals surface area contributed by atoms with Crippen LogP contribution in [0, 0.1) is 29.4 Å². The number of hydrogen-bond acceptors (Lipinski definition) is 7. The molecule has 1 aliphatic rings. The largest absolute Gasteiger partial charge is 0.493 e. The average molecular weight is 728 g/mol. The number of carboxylic acid groups (broad SMARTS) is 2. The molecule has 12 heteroatoms. The lowest BCUT2D eigenvalue weighted by Gasteiger charge is -2.33. The third-order valence-electron chi connectivity index (χ3n) is 8.01. The Morgan fingerprint density at radius 3 is 1.73 bits per heavy atom. The van der Waals surface area contributed by atoms with Crippen molar-refractivity contribution in [1.29, 1.82) is 0 Å². The maximum atomic E-state index is 14.2. The summed E-state index contributed by atoms with van der Waals surface area (Å²) in [6.07, 6.45) is 0.950. The van der Waals surface area contributed by atoms with Gasteiger partial charge < -0.3 is 24.6 Å². The van der Waals surface area contributed by atoms with Crippen molar-refractivity contribution in [2.45, 2.75) is 60.4 Å². The van der Waals surface area contributed by atoms with Gasteiger partial charge in [-0.05, 0) is 86.6 Å². The number of aromatic carboxylic acids is 2. The summed E-state index contributed by atoms with van der Waals surface area (Å²) in [7, 11) is 0. The van der Waals surface area contributed by atoms with E-state index in [0.29, 0.717) is 70.8 Å². The molecule has 0 spiro atoms. The van der Waals surface area contributed by atoms with Crippen molar-refractivity contribution in [3.8, 4) is 34.0 Å². The monoisotopic (exact) mass is 727 g/mol. The van der Waals surface area contributed by atoms with Gasteiger partial charge in [-0.3, -0.25) is 0 Å². The Morgan fingerprint density at radius 2 is 1.31 bits per heavy atom. The molecule has 0 bridgehead atoms. The molecule has 9 nitrogen and oxygen atoms in total. The molecule has 0 amide bonds. The second-order valence-electron chi connectivity index (χ2n) is 14.2. The number of carbonyl (C=O) groups is 2. The summed E-state index contributed by atoms with van der Waals surface area (Å²) in [5.74, 6) is -0.730. The first-order valence-electron chi connectivity index (χ1n) is 16.7. The van der Waals surface area contributed by atoms with Gasteiger partial charge in [0.15, 0.2) is 0 Å². The van der Waals surface area contributed by atoms with E-state index in [1.807, 2.05) is 27.7 Å². The average Bonchev–Trinajstić information content (AvgIpc) is 3.33. The van der Waals surface area contributed by atoms with Crippen molar-refractivity contribution in [2.75, 3.05) is 24.7 Å². The Labute approximate surface area is 305 Å². The molecule has 276 valence electrons. The number of hydrogen-bond donors (Lipinski definition) is 2. The van der Waals surface area contributed by atoms with Gasteiger partial charge in [-0.15, -0.1) is 0 Å². The Hall–Kier alpha value is -4.77. The molecule has 2 aromatic heterocycles. The number of pyridine rings is 2. The van der Waals surface area contributed by atoms with Crippen molar-refractivity contribution in [1.82, 2.24) is 9.97 Å². The van der Waals surface area contributed by atoms with Gasteiger partial charge in [-0.1, -0.05) is 46.2 Å². The zero-order chi connectivity index (χ0) is 37.6. The van der Waals surface area contributed by atoms with Crippen molar-refractivity contribution >= 4 is 29.4 Å². The van der Waals surface area contributed by atoms with E-state index in [4.69, 9.17) is 26.2 Å². The van der Waals surface area contributed by atoms with Crippen LogP contribution in [-0.2, 0) is 0 Å². The quantitative estimate of drug-likeness (QED) is 0.145. The predicted molar refractivity (Wildman–Crippen MR) is 198 cm³/mol. The fourth-order valence-corrected chi connectivity index (χ4v) is 6.04. The molecule has 0 unspecified atom stereocenters. The number of anilines is 1. The highest BCUT2D eigenvalue weighted by Crippen LogP contribution is 2.38. The highest BCUT2D eigenvalue weighted by atomic mass is 35.5. The fourth-order valence-electron chi connectivity index (χ4n) is 5.81. The van der Waals surface area contributed by atoms with Crippen molar-refractivity contribution < 1.29 is 40.9 Å². The third kappa shape index (κ3) is 10.4. The first kappa shape index (κ1) is 39.0. The van der Waals surface area contributed by atoms with Crippen LogP contribution in [0.5, 0.6) is 11.5 Å². The van der Waals surface area contributed by atoms with E-state index in [2.05, 4.69) is 35.6 Å². The summed E-state index contributed by atoms with van der Waals surface area (Å²) >= 11 is 5.84. The standard InChI is InChI=1S/C23H29FN2O3.C16H15ClFNO3.2H2/c1-14(2)13-29-18-9-16(8-17(24)10-18)20-7-6-19(22(27)28)21(25-20)26-12-15(3)11-23(26,4)5;1-9(2)8-22-12-6-10(5-11(18)7-12)14-4-3-13(16(20)21)15(17)19-14;;/h6-10,14-15H,11-13H2,1-5H3,(H,27,28);3-7,9H,8H2,1-2H3,(H,20,21);2*1H/t15-;;;/m0.../s1. The van der Waals surface area contributed by atoms with Crippen LogP contribution >= 0.6 is 11.6 Å². The SMILES string of the molecule is CC(C)COc1cc(F)cc(-c2ccc(C(=O)O)c(Cl)n2)c1.CC(C)COc1cc(F)cc(-c2ccc(C(=O)O)c(N3C[C@@H](C)CC3(C)C)n2)c1.[HH].[HH]. The molecule has 0 radical (unpaired) electrons. The molecule has 1 atom stereocenters. The summed E-state index contributed by atoms with van der Waals surface area (Å²) in [6, 6.07) is 14.7. The second kappa shape index (κ2) is 16.5. The number of aromatic nitrogens is 2. The second-order valence-corrected chi connectivity index (χ2v) is 14.6. The zero-order valence-electron chi connectivity index (χ0n) is 29.8. The van der Waals surface area contributed by atoms with Crippen LogP contribution in [0.3, 0.4) is 0 Å². The third-order valence-corrected chi connectivity index (χ3v) is 8.30. The minimum Gasteiger partial charge on any atom is -0.493 e. The Bertz CT molecular complexity index is 1900. The summed E-state index contributed by atoms with van der Waals surface area (Å²) < 4.78 is 39.1. The van der Waals surface area contributed by atoms with Crippen LogP contribution in [-0.4, -0.2) is 57.4 Å². The molecule has 3 heterocycles. The molecule has 2 aromatic carbocycles. The van der Waals surface area contributed by atoms with E-state index < -0.39 is 23.6 Å². The normalized spacial score (nSPS) is 15.1. The van der Waals surface area contributed by atoms with E-state index in [0.717, 1.165) is 13.0 Å².